The Labute approximate surface area is 187 Å². The number of amides is 1. The number of sulfonamides is 1. The summed E-state index contributed by atoms with van der Waals surface area (Å²) in [4.78, 5) is 12.5. The molecule has 1 heterocycles. The van der Waals surface area contributed by atoms with Crippen molar-refractivity contribution in [2.75, 3.05) is 17.9 Å². The largest absolute Gasteiger partial charge is 0.376 e. The quantitative estimate of drug-likeness (QED) is 0.386. The van der Waals surface area contributed by atoms with Gasteiger partial charge in [0, 0.05) is 24.4 Å². The predicted octanol–water partition coefficient (Wildman–Crippen LogP) is 2.39. The number of rotatable bonds is 6. The van der Waals surface area contributed by atoms with E-state index in [2.05, 4.69) is 20.9 Å². The van der Waals surface area contributed by atoms with E-state index >= 15 is 0 Å². The minimum absolute atomic E-state index is 0.0285. The lowest BCUT2D eigenvalue weighted by Crippen LogP contribution is -2.48. The highest BCUT2D eigenvalue weighted by Crippen LogP contribution is 2.21. The van der Waals surface area contributed by atoms with E-state index in [-0.39, 0.29) is 21.7 Å². The Bertz CT molecular complexity index is 1070. The van der Waals surface area contributed by atoms with Gasteiger partial charge in [0.1, 0.15) is 0 Å². The van der Waals surface area contributed by atoms with Crippen LogP contribution in [0.4, 0.5) is 5.69 Å². The number of aryl methyl sites for hydroxylation is 2. The van der Waals surface area contributed by atoms with Crippen molar-refractivity contribution in [3.05, 3.63) is 59.2 Å². The monoisotopic (exact) mass is 462 g/mol. The fraction of sp³-hybridized carbons (Fsp3) is 0.333. The topological polar surface area (TPSA) is 109 Å². The number of hydrogen-bond acceptors (Lipinski definition) is 5. The summed E-state index contributed by atoms with van der Waals surface area (Å²) in [7, 11) is -3.87. The van der Waals surface area contributed by atoms with Gasteiger partial charge in [-0.05, 0) is 74.3 Å². The zero-order chi connectivity index (χ0) is 22.4. The van der Waals surface area contributed by atoms with Crippen molar-refractivity contribution in [1.82, 2.24) is 16.2 Å². The van der Waals surface area contributed by atoms with Crippen LogP contribution in [0.2, 0.25) is 0 Å². The molecule has 2 aromatic carbocycles. The highest BCUT2D eigenvalue weighted by Gasteiger charge is 2.20. The first kappa shape index (κ1) is 23.0. The lowest BCUT2D eigenvalue weighted by Gasteiger charge is -2.15. The molecule has 31 heavy (non-hydrogen) atoms. The molecule has 0 saturated carbocycles. The smallest absolute Gasteiger partial charge is 0.269 e. The van der Waals surface area contributed by atoms with E-state index in [4.69, 9.17) is 17.0 Å². The highest BCUT2D eigenvalue weighted by molar-refractivity contribution is 7.92. The third-order valence-corrected chi connectivity index (χ3v) is 6.58. The molecular weight excluding hydrogens is 436 g/mol. The summed E-state index contributed by atoms with van der Waals surface area (Å²) in [5.41, 5.74) is 7.20. The molecular formula is C21H26N4O4S2. The molecule has 1 fully saturated rings. The Balaban J connectivity index is 1.63. The van der Waals surface area contributed by atoms with E-state index in [1.807, 2.05) is 13.0 Å². The average molecular weight is 463 g/mol. The first-order chi connectivity index (χ1) is 14.7. The molecule has 1 aliphatic heterocycles. The molecule has 0 bridgehead atoms. The van der Waals surface area contributed by atoms with Crippen molar-refractivity contribution in [3.63, 3.8) is 0 Å². The first-order valence-electron chi connectivity index (χ1n) is 9.90. The molecule has 4 N–H and O–H groups in total. The van der Waals surface area contributed by atoms with E-state index < -0.39 is 15.9 Å². The number of anilines is 1. The average Bonchev–Trinajstić information content (AvgIpc) is 3.24. The minimum atomic E-state index is -3.87. The van der Waals surface area contributed by atoms with E-state index in [1.54, 1.807) is 37.3 Å². The lowest BCUT2D eigenvalue weighted by atomic mass is 10.1. The standard InChI is InChI=1S/C21H26N4O4S2/c1-14-5-3-6-17(11-14)25-31(27,28)19-12-16(9-8-15(19)2)20(26)23-24-21(30)22-13-18-7-4-10-29-18/h3,5-6,8-9,11-12,18,25H,4,7,10,13H2,1-2H3,(H,23,26)(H2,22,24,30)/t18-/m1/s1. The van der Waals surface area contributed by atoms with Gasteiger partial charge in [0.2, 0.25) is 0 Å². The molecule has 1 saturated heterocycles. The van der Waals surface area contributed by atoms with Gasteiger partial charge in [-0.3, -0.25) is 20.4 Å². The van der Waals surface area contributed by atoms with E-state index in [0.29, 0.717) is 17.8 Å². The number of thiocarbonyl (C=S) groups is 1. The highest BCUT2D eigenvalue weighted by atomic mass is 32.2. The molecule has 1 aliphatic rings. The summed E-state index contributed by atoms with van der Waals surface area (Å²) in [6.45, 7) is 4.86. The first-order valence-corrected chi connectivity index (χ1v) is 11.8. The third kappa shape index (κ3) is 6.39. The van der Waals surface area contributed by atoms with Crippen LogP contribution in [-0.4, -0.2) is 38.7 Å². The Morgan fingerprint density at radius 1 is 1.16 bits per heavy atom. The molecule has 1 atom stereocenters. The van der Waals surface area contributed by atoms with Gasteiger partial charge in [-0.25, -0.2) is 8.42 Å². The van der Waals surface area contributed by atoms with Crippen LogP contribution in [0.3, 0.4) is 0 Å². The van der Waals surface area contributed by atoms with Crippen LogP contribution in [0.15, 0.2) is 47.4 Å². The van der Waals surface area contributed by atoms with Gasteiger partial charge >= 0.3 is 0 Å². The van der Waals surface area contributed by atoms with Crippen LogP contribution in [0.1, 0.15) is 34.3 Å². The zero-order valence-corrected chi connectivity index (χ0v) is 19.0. The number of carbonyl (C=O) groups excluding carboxylic acids is 1. The summed E-state index contributed by atoms with van der Waals surface area (Å²) in [6.07, 6.45) is 2.11. The molecule has 2 aromatic rings. The molecule has 8 nitrogen and oxygen atoms in total. The van der Waals surface area contributed by atoms with E-state index in [9.17, 15) is 13.2 Å². The van der Waals surface area contributed by atoms with E-state index in [1.165, 1.54) is 6.07 Å². The number of nitrogens with one attached hydrogen (secondary N) is 4. The van der Waals surface area contributed by atoms with Crippen molar-refractivity contribution in [1.29, 1.82) is 0 Å². The molecule has 10 heteroatoms. The maximum atomic E-state index is 12.9. The molecule has 0 aliphatic carbocycles. The maximum absolute atomic E-state index is 12.9. The van der Waals surface area contributed by atoms with Crippen LogP contribution >= 0.6 is 12.2 Å². The number of carbonyl (C=O) groups is 1. The molecule has 0 unspecified atom stereocenters. The summed E-state index contributed by atoms with van der Waals surface area (Å²) in [5, 5.41) is 3.24. The van der Waals surface area contributed by atoms with Crippen LogP contribution in [-0.2, 0) is 14.8 Å². The summed E-state index contributed by atoms with van der Waals surface area (Å²) in [5.74, 6) is -0.506. The number of hydrogen-bond donors (Lipinski definition) is 4. The normalized spacial score (nSPS) is 15.9. The van der Waals surface area contributed by atoms with Crippen LogP contribution in [0.5, 0.6) is 0 Å². The molecule has 166 valence electrons. The second-order valence-corrected chi connectivity index (χ2v) is 9.44. The Morgan fingerprint density at radius 3 is 2.68 bits per heavy atom. The van der Waals surface area contributed by atoms with Crippen LogP contribution in [0.25, 0.3) is 0 Å². The Kier molecular flexibility index (Phi) is 7.47. The van der Waals surface area contributed by atoms with Crippen LogP contribution in [0, 0.1) is 13.8 Å². The Morgan fingerprint density at radius 2 is 1.97 bits per heavy atom. The van der Waals surface area contributed by atoms with E-state index in [0.717, 1.165) is 25.0 Å². The maximum Gasteiger partial charge on any atom is 0.269 e. The number of benzene rings is 2. The van der Waals surface area contributed by atoms with Gasteiger partial charge < -0.3 is 10.1 Å². The van der Waals surface area contributed by atoms with Gasteiger partial charge in [0.25, 0.3) is 15.9 Å². The predicted molar refractivity (Wildman–Crippen MR) is 123 cm³/mol. The van der Waals surface area contributed by atoms with Gasteiger partial charge in [-0.15, -0.1) is 0 Å². The number of ether oxygens (including phenoxy) is 1. The van der Waals surface area contributed by atoms with Crippen molar-refractivity contribution < 1.29 is 17.9 Å². The van der Waals surface area contributed by atoms with Crippen molar-refractivity contribution in [2.45, 2.75) is 37.7 Å². The fourth-order valence-electron chi connectivity index (χ4n) is 3.19. The summed E-state index contributed by atoms with van der Waals surface area (Å²) in [6, 6.07) is 11.5. The SMILES string of the molecule is Cc1cccc(NS(=O)(=O)c2cc(C(=O)NNC(=S)NC[C@H]3CCCO3)ccc2C)c1. The van der Waals surface area contributed by atoms with Gasteiger partial charge in [0.15, 0.2) is 5.11 Å². The number of hydrazine groups is 1. The van der Waals surface area contributed by atoms with Gasteiger partial charge in [-0.2, -0.15) is 0 Å². The summed E-state index contributed by atoms with van der Waals surface area (Å²) >= 11 is 5.15. The lowest BCUT2D eigenvalue weighted by molar-refractivity contribution is 0.0943. The second-order valence-electron chi connectivity index (χ2n) is 7.38. The molecule has 0 aromatic heterocycles. The van der Waals surface area contributed by atoms with Crippen molar-refractivity contribution >= 4 is 38.9 Å². The zero-order valence-electron chi connectivity index (χ0n) is 17.4. The fourth-order valence-corrected chi connectivity index (χ4v) is 4.65. The molecule has 0 radical (unpaired) electrons. The molecule has 0 spiro atoms. The second kappa shape index (κ2) is 10.1. The molecule has 1 amide bonds. The van der Waals surface area contributed by atoms with Crippen molar-refractivity contribution in [3.8, 4) is 0 Å². The minimum Gasteiger partial charge on any atom is -0.376 e. The van der Waals surface area contributed by atoms with Crippen LogP contribution < -0.4 is 20.9 Å². The van der Waals surface area contributed by atoms with Crippen molar-refractivity contribution in [2.24, 2.45) is 0 Å². The molecule has 3 rings (SSSR count). The third-order valence-electron chi connectivity index (χ3n) is 4.81. The summed E-state index contributed by atoms with van der Waals surface area (Å²) < 4.78 is 33.8. The Hall–Kier alpha value is -2.69. The van der Waals surface area contributed by atoms with Gasteiger partial charge in [0.05, 0.1) is 11.0 Å². The van der Waals surface area contributed by atoms with Gasteiger partial charge in [-0.1, -0.05) is 18.2 Å².